The Kier molecular flexibility index (Phi) is 8.11. The van der Waals surface area contributed by atoms with Crippen LogP contribution in [0.1, 0.15) is 27.4 Å². The molecule has 1 fully saturated rings. The summed E-state index contributed by atoms with van der Waals surface area (Å²) in [5.41, 5.74) is 1.26. The van der Waals surface area contributed by atoms with Crippen LogP contribution in [0.4, 0.5) is 4.79 Å². The van der Waals surface area contributed by atoms with Crippen LogP contribution in [0.2, 0.25) is 10.0 Å². The topological polar surface area (TPSA) is 107 Å². The van der Waals surface area contributed by atoms with E-state index in [1.807, 2.05) is 0 Å². The van der Waals surface area contributed by atoms with Gasteiger partial charge in [-0.25, -0.2) is 9.59 Å². The van der Waals surface area contributed by atoms with Crippen LogP contribution in [0.3, 0.4) is 0 Å². The fourth-order valence-electron chi connectivity index (χ4n) is 3.49. The SMILES string of the molecule is COC(=O)c1ccc(CN2C(=O)N/C(=C/c3cc(Br)cc(OC)c3OCc3ccc(Cl)c(Cl)c3)C2=O)o1. The number of imide groups is 1. The second-order valence-corrected chi connectivity index (χ2v) is 9.43. The van der Waals surface area contributed by atoms with E-state index >= 15 is 0 Å². The number of amides is 3. The first kappa shape index (κ1) is 26.6. The van der Waals surface area contributed by atoms with Gasteiger partial charge in [0.25, 0.3) is 5.91 Å². The van der Waals surface area contributed by atoms with Crippen molar-refractivity contribution in [3.63, 3.8) is 0 Å². The molecule has 0 aliphatic carbocycles. The van der Waals surface area contributed by atoms with E-state index in [-0.39, 0.29) is 30.4 Å². The van der Waals surface area contributed by atoms with Gasteiger partial charge in [-0.2, -0.15) is 0 Å². The maximum atomic E-state index is 13.1. The summed E-state index contributed by atoms with van der Waals surface area (Å²) in [5.74, 6) is -0.305. The molecule has 3 amide bonds. The first-order chi connectivity index (χ1) is 17.7. The van der Waals surface area contributed by atoms with Gasteiger partial charge in [0.1, 0.15) is 18.1 Å². The van der Waals surface area contributed by atoms with E-state index in [0.717, 1.165) is 10.5 Å². The lowest BCUT2D eigenvalue weighted by molar-refractivity contribution is -0.123. The number of furan rings is 1. The average Bonchev–Trinajstić information content (AvgIpc) is 3.45. The molecule has 192 valence electrons. The molecule has 12 heteroatoms. The molecule has 9 nitrogen and oxygen atoms in total. The van der Waals surface area contributed by atoms with Crippen LogP contribution >= 0.6 is 39.1 Å². The molecule has 0 saturated carbocycles. The van der Waals surface area contributed by atoms with Crippen molar-refractivity contribution in [3.8, 4) is 11.5 Å². The van der Waals surface area contributed by atoms with Gasteiger partial charge in [-0.1, -0.05) is 45.2 Å². The largest absolute Gasteiger partial charge is 0.493 e. The molecule has 1 aliphatic heterocycles. The number of carbonyl (C=O) groups excluding carboxylic acids is 3. The van der Waals surface area contributed by atoms with Crippen molar-refractivity contribution < 1.29 is 33.0 Å². The van der Waals surface area contributed by atoms with Crippen LogP contribution in [0.5, 0.6) is 11.5 Å². The molecule has 3 aromatic rings. The summed E-state index contributed by atoms with van der Waals surface area (Å²) in [6, 6.07) is 10.8. The van der Waals surface area contributed by atoms with Crippen molar-refractivity contribution >= 4 is 63.1 Å². The zero-order valence-corrected chi connectivity index (χ0v) is 22.6. The number of methoxy groups -OCH3 is 2. The van der Waals surface area contributed by atoms with Crippen LogP contribution in [-0.2, 0) is 22.7 Å². The van der Waals surface area contributed by atoms with E-state index < -0.39 is 17.9 Å². The van der Waals surface area contributed by atoms with Gasteiger partial charge in [-0.05, 0) is 48.0 Å². The minimum atomic E-state index is -0.666. The second-order valence-electron chi connectivity index (χ2n) is 7.70. The Balaban J connectivity index is 1.59. The van der Waals surface area contributed by atoms with Crippen molar-refractivity contribution in [2.24, 2.45) is 0 Å². The van der Waals surface area contributed by atoms with Gasteiger partial charge in [0, 0.05) is 10.0 Å². The molecule has 0 spiro atoms. The Bertz CT molecular complexity index is 1420. The van der Waals surface area contributed by atoms with E-state index in [0.29, 0.717) is 31.6 Å². The Morgan fingerprint density at radius 2 is 1.89 bits per heavy atom. The number of carbonyl (C=O) groups is 3. The molecule has 2 heterocycles. The number of hydrogen-bond donors (Lipinski definition) is 1. The molecule has 0 atom stereocenters. The molecule has 0 unspecified atom stereocenters. The van der Waals surface area contributed by atoms with Gasteiger partial charge in [0.05, 0.1) is 30.8 Å². The number of urea groups is 1. The molecule has 1 N–H and O–H groups in total. The van der Waals surface area contributed by atoms with Crippen molar-refractivity contribution in [2.75, 3.05) is 14.2 Å². The minimum absolute atomic E-state index is 0.0179. The van der Waals surface area contributed by atoms with E-state index in [2.05, 4.69) is 26.0 Å². The predicted molar refractivity (Wildman–Crippen MR) is 139 cm³/mol. The summed E-state index contributed by atoms with van der Waals surface area (Å²) in [6.07, 6.45) is 1.49. The highest BCUT2D eigenvalue weighted by atomic mass is 79.9. The third-order valence-corrected chi connectivity index (χ3v) is 6.46. The zero-order valence-electron chi connectivity index (χ0n) is 19.5. The highest BCUT2D eigenvalue weighted by molar-refractivity contribution is 9.10. The Hall–Kier alpha value is -3.47. The van der Waals surface area contributed by atoms with Crippen molar-refractivity contribution in [1.29, 1.82) is 0 Å². The number of nitrogens with zero attached hydrogens (tertiary/aromatic N) is 1. The van der Waals surface area contributed by atoms with Gasteiger partial charge in [0.2, 0.25) is 5.76 Å². The molecule has 4 rings (SSSR count). The van der Waals surface area contributed by atoms with Gasteiger partial charge < -0.3 is 23.9 Å². The van der Waals surface area contributed by atoms with Gasteiger partial charge in [-0.15, -0.1) is 0 Å². The summed E-state index contributed by atoms with van der Waals surface area (Å²) < 4.78 is 22.2. The molecule has 1 aromatic heterocycles. The fourth-order valence-corrected chi connectivity index (χ4v) is 4.26. The third kappa shape index (κ3) is 5.93. The summed E-state index contributed by atoms with van der Waals surface area (Å²) >= 11 is 15.5. The Morgan fingerprint density at radius 3 is 2.59 bits per heavy atom. The quantitative estimate of drug-likeness (QED) is 0.195. The fraction of sp³-hybridized carbons (Fsp3) is 0.160. The number of nitrogens with one attached hydrogen (secondary N) is 1. The lowest BCUT2D eigenvalue weighted by Crippen LogP contribution is -2.30. The first-order valence-corrected chi connectivity index (χ1v) is 12.2. The smallest absolute Gasteiger partial charge is 0.373 e. The molecule has 1 aliphatic rings. The normalized spacial score (nSPS) is 14.2. The lowest BCUT2D eigenvalue weighted by atomic mass is 10.1. The molecule has 37 heavy (non-hydrogen) atoms. The van der Waals surface area contributed by atoms with E-state index in [4.69, 9.17) is 37.1 Å². The maximum absolute atomic E-state index is 13.1. The molecular formula is C25H19BrCl2N2O7. The number of halogens is 3. The minimum Gasteiger partial charge on any atom is -0.493 e. The number of rotatable bonds is 8. The highest BCUT2D eigenvalue weighted by Crippen LogP contribution is 2.37. The Labute approximate surface area is 230 Å². The highest BCUT2D eigenvalue weighted by Gasteiger charge is 2.35. The van der Waals surface area contributed by atoms with Crippen molar-refractivity contribution in [3.05, 3.63) is 85.3 Å². The molecule has 1 saturated heterocycles. The van der Waals surface area contributed by atoms with Gasteiger partial charge in [-0.3, -0.25) is 9.69 Å². The summed E-state index contributed by atoms with van der Waals surface area (Å²) in [4.78, 5) is 38.2. The summed E-state index contributed by atoms with van der Waals surface area (Å²) in [7, 11) is 2.71. The third-order valence-electron chi connectivity index (χ3n) is 5.26. The molecule has 0 bridgehead atoms. The molecule has 2 aromatic carbocycles. The van der Waals surface area contributed by atoms with E-state index in [9.17, 15) is 14.4 Å². The second kappa shape index (κ2) is 11.3. The van der Waals surface area contributed by atoms with Crippen molar-refractivity contribution in [1.82, 2.24) is 10.2 Å². The monoisotopic (exact) mass is 608 g/mol. The molecular weight excluding hydrogens is 591 g/mol. The summed E-state index contributed by atoms with van der Waals surface area (Å²) in [6.45, 7) is -0.0417. The van der Waals surface area contributed by atoms with Crippen LogP contribution in [0.15, 0.2) is 57.1 Å². The molecule has 0 radical (unpaired) electrons. The predicted octanol–water partition coefficient (Wildman–Crippen LogP) is 5.82. The van der Waals surface area contributed by atoms with Gasteiger partial charge >= 0.3 is 12.0 Å². The zero-order chi connectivity index (χ0) is 26.7. The number of ether oxygens (including phenoxy) is 3. The van der Waals surface area contributed by atoms with E-state index in [1.54, 1.807) is 30.3 Å². The number of esters is 1. The standard InChI is InChI=1S/C25H19BrCl2N2O7/c1-34-21-10-15(26)8-14(22(21)36-12-13-3-5-17(27)18(28)7-13)9-19-23(31)30(25(33)29-19)11-16-4-6-20(37-16)24(32)35-2/h3-10H,11-12H2,1-2H3,(H,29,33)/b19-9+. The van der Waals surface area contributed by atoms with Gasteiger partial charge in [0.15, 0.2) is 11.5 Å². The van der Waals surface area contributed by atoms with Crippen LogP contribution in [0.25, 0.3) is 6.08 Å². The number of benzene rings is 2. The van der Waals surface area contributed by atoms with Crippen molar-refractivity contribution in [2.45, 2.75) is 13.2 Å². The lowest BCUT2D eigenvalue weighted by Gasteiger charge is -2.15. The average molecular weight is 610 g/mol. The Morgan fingerprint density at radius 1 is 1.11 bits per heavy atom. The maximum Gasteiger partial charge on any atom is 0.373 e. The van der Waals surface area contributed by atoms with Crippen LogP contribution < -0.4 is 14.8 Å². The van der Waals surface area contributed by atoms with E-state index in [1.165, 1.54) is 32.4 Å². The van der Waals surface area contributed by atoms with Crippen LogP contribution in [0, 0.1) is 0 Å². The summed E-state index contributed by atoms with van der Waals surface area (Å²) in [5, 5.41) is 3.37. The first-order valence-electron chi connectivity index (χ1n) is 10.7. The number of hydrogen-bond acceptors (Lipinski definition) is 7. The van der Waals surface area contributed by atoms with Crippen LogP contribution in [-0.4, -0.2) is 37.0 Å².